The molecule has 3 saturated heterocycles. The van der Waals surface area contributed by atoms with Crippen molar-refractivity contribution < 1.29 is 4.79 Å². The molecule has 3 aliphatic heterocycles. The van der Waals surface area contributed by atoms with Crippen molar-refractivity contribution in [1.29, 1.82) is 0 Å². The monoisotopic (exact) mass is 298 g/mol. The molecular formula is C19H26N2O. The molecule has 3 heterocycles. The SMILES string of the molecule is O=C(CC1CC2CCC(C1)N2)N1CCC(c2ccccc2)C1. The molecule has 3 fully saturated rings. The van der Waals surface area contributed by atoms with Gasteiger partial charge in [0.05, 0.1) is 0 Å². The quantitative estimate of drug-likeness (QED) is 0.930. The van der Waals surface area contributed by atoms with E-state index in [-0.39, 0.29) is 0 Å². The van der Waals surface area contributed by atoms with Gasteiger partial charge in [-0.25, -0.2) is 0 Å². The van der Waals surface area contributed by atoms with Gasteiger partial charge in [0, 0.05) is 37.5 Å². The molecule has 0 aliphatic carbocycles. The molecule has 118 valence electrons. The van der Waals surface area contributed by atoms with E-state index in [1.807, 2.05) is 0 Å². The normalized spacial score (nSPS) is 34.1. The van der Waals surface area contributed by atoms with Crippen LogP contribution >= 0.6 is 0 Å². The summed E-state index contributed by atoms with van der Waals surface area (Å²) in [6.07, 6.45) is 6.93. The van der Waals surface area contributed by atoms with Crippen molar-refractivity contribution >= 4 is 5.91 Å². The number of nitrogens with one attached hydrogen (secondary N) is 1. The molecule has 0 radical (unpaired) electrons. The molecule has 22 heavy (non-hydrogen) atoms. The van der Waals surface area contributed by atoms with Gasteiger partial charge < -0.3 is 10.2 Å². The number of carbonyl (C=O) groups excluding carboxylic acids is 1. The number of nitrogens with zero attached hydrogens (tertiary/aromatic N) is 1. The first-order valence-corrected chi connectivity index (χ1v) is 8.86. The number of rotatable bonds is 3. The Balaban J connectivity index is 1.32. The summed E-state index contributed by atoms with van der Waals surface area (Å²) >= 11 is 0. The van der Waals surface area contributed by atoms with Gasteiger partial charge in [0.15, 0.2) is 0 Å². The maximum atomic E-state index is 12.6. The molecule has 3 atom stereocenters. The molecule has 3 nitrogen and oxygen atoms in total. The van der Waals surface area contributed by atoms with E-state index in [0.717, 1.165) is 25.9 Å². The Bertz CT molecular complexity index is 517. The van der Waals surface area contributed by atoms with Crippen LogP contribution in [0.1, 0.15) is 50.0 Å². The maximum absolute atomic E-state index is 12.6. The highest BCUT2D eigenvalue weighted by Gasteiger charge is 2.35. The van der Waals surface area contributed by atoms with Crippen LogP contribution in [0, 0.1) is 5.92 Å². The standard InChI is InChI=1S/C19H26N2O/c22-19(12-14-10-17-6-7-18(11-14)20-17)21-9-8-16(13-21)15-4-2-1-3-5-15/h1-5,14,16-18,20H,6-13H2. The van der Waals surface area contributed by atoms with Gasteiger partial charge >= 0.3 is 0 Å². The fraction of sp³-hybridized carbons (Fsp3) is 0.632. The van der Waals surface area contributed by atoms with Gasteiger partial charge in [-0.15, -0.1) is 0 Å². The number of fused-ring (bicyclic) bond motifs is 2. The predicted octanol–water partition coefficient (Wildman–Crippen LogP) is 2.92. The Hall–Kier alpha value is -1.35. The summed E-state index contributed by atoms with van der Waals surface area (Å²) in [7, 11) is 0. The lowest BCUT2D eigenvalue weighted by atomic mass is 9.89. The lowest BCUT2D eigenvalue weighted by Crippen LogP contribution is -2.40. The summed E-state index contributed by atoms with van der Waals surface area (Å²) in [6.45, 7) is 1.86. The Kier molecular flexibility index (Phi) is 3.91. The van der Waals surface area contributed by atoms with Crippen LogP contribution in [0.2, 0.25) is 0 Å². The molecule has 0 aromatic heterocycles. The third-order valence-corrected chi connectivity index (χ3v) is 5.85. The van der Waals surface area contributed by atoms with Crippen molar-refractivity contribution in [3.05, 3.63) is 35.9 Å². The van der Waals surface area contributed by atoms with Crippen molar-refractivity contribution in [3.8, 4) is 0 Å². The van der Waals surface area contributed by atoms with E-state index in [9.17, 15) is 4.79 Å². The summed E-state index contributed by atoms with van der Waals surface area (Å²) in [4.78, 5) is 14.7. The van der Waals surface area contributed by atoms with Crippen molar-refractivity contribution in [2.75, 3.05) is 13.1 Å². The molecule has 3 unspecified atom stereocenters. The summed E-state index contributed by atoms with van der Waals surface area (Å²) in [6, 6.07) is 12.0. The van der Waals surface area contributed by atoms with Crippen LogP contribution in [-0.2, 0) is 4.79 Å². The minimum Gasteiger partial charge on any atom is -0.342 e. The van der Waals surface area contributed by atoms with E-state index in [2.05, 4.69) is 40.5 Å². The van der Waals surface area contributed by atoms with Gasteiger partial charge in [0.2, 0.25) is 5.91 Å². The van der Waals surface area contributed by atoms with Gasteiger partial charge in [-0.3, -0.25) is 4.79 Å². The highest BCUT2D eigenvalue weighted by molar-refractivity contribution is 5.77. The van der Waals surface area contributed by atoms with E-state index >= 15 is 0 Å². The van der Waals surface area contributed by atoms with Crippen LogP contribution in [0.4, 0.5) is 0 Å². The third-order valence-electron chi connectivity index (χ3n) is 5.85. The summed E-state index contributed by atoms with van der Waals surface area (Å²) in [5.74, 6) is 1.54. The minimum absolute atomic E-state index is 0.393. The molecule has 2 bridgehead atoms. The van der Waals surface area contributed by atoms with E-state index in [0.29, 0.717) is 29.8 Å². The van der Waals surface area contributed by atoms with E-state index in [1.54, 1.807) is 0 Å². The first-order valence-electron chi connectivity index (χ1n) is 8.86. The van der Waals surface area contributed by atoms with Crippen LogP contribution in [0.3, 0.4) is 0 Å². The highest BCUT2D eigenvalue weighted by atomic mass is 16.2. The Labute approximate surface area is 133 Å². The number of likely N-dealkylation sites (tertiary alicyclic amines) is 1. The second-order valence-electron chi connectivity index (χ2n) is 7.42. The van der Waals surface area contributed by atoms with E-state index in [4.69, 9.17) is 0 Å². The molecule has 0 spiro atoms. The average molecular weight is 298 g/mol. The maximum Gasteiger partial charge on any atom is 0.222 e. The van der Waals surface area contributed by atoms with E-state index in [1.165, 1.54) is 31.2 Å². The van der Waals surface area contributed by atoms with E-state index < -0.39 is 0 Å². The summed E-state index contributed by atoms with van der Waals surface area (Å²) in [5.41, 5.74) is 1.39. The second-order valence-corrected chi connectivity index (χ2v) is 7.42. The Morgan fingerprint density at radius 1 is 1.09 bits per heavy atom. The first kappa shape index (κ1) is 14.3. The third kappa shape index (κ3) is 2.91. The largest absolute Gasteiger partial charge is 0.342 e. The zero-order valence-electron chi connectivity index (χ0n) is 13.2. The number of benzene rings is 1. The first-order chi connectivity index (χ1) is 10.8. The molecule has 3 aliphatic rings. The fourth-order valence-corrected chi connectivity index (χ4v) is 4.70. The molecular weight excluding hydrogens is 272 g/mol. The zero-order chi connectivity index (χ0) is 14.9. The van der Waals surface area contributed by atoms with Gasteiger partial charge in [-0.2, -0.15) is 0 Å². The average Bonchev–Trinajstić information content (AvgIpc) is 3.15. The van der Waals surface area contributed by atoms with Gasteiger partial charge in [0.25, 0.3) is 0 Å². The van der Waals surface area contributed by atoms with Gasteiger partial charge in [-0.05, 0) is 43.6 Å². The van der Waals surface area contributed by atoms with Crippen LogP contribution in [0.25, 0.3) is 0 Å². The second kappa shape index (κ2) is 6.04. The van der Waals surface area contributed by atoms with Crippen molar-refractivity contribution in [2.24, 2.45) is 5.92 Å². The van der Waals surface area contributed by atoms with Crippen LogP contribution < -0.4 is 5.32 Å². The summed E-state index contributed by atoms with van der Waals surface area (Å²) in [5, 5.41) is 3.67. The van der Waals surface area contributed by atoms with Gasteiger partial charge in [0.1, 0.15) is 0 Å². The molecule has 1 aromatic carbocycles. The van der Waals surface area contributed by atoms with Gasteiger partial charge in [-0.1, -0.05) is 30.3 Å². The van der Waals surface area contributed by atoms with Crippen molar-refractivity contribution in [2.45, 2.75) is 56.5 Å². The lowest BCUT2D eigenvalue weighted by Gasteiger charge is -2.30. The predicted molar refractivity (Wildman–Crippen MR) is 87.7 cm³/mol. The Morgan fingerprint density at radius 2 is 1.82 bits per heavy atom. The van der Waals surface area contributed by atoms with Crippen molar-refractivity contribution in [3.63, 3.8) is 0 Å². The number of carbonyl (C=O) groups is 1. The van der Waals surface area contributed by atoms with Crippen LogP contribution in [-0.4, -0.2) is 36.0 Å². The lowest BCUT2D eigenvalue weighted by molar-refractivity contribution is -0.131. The molecule has 4 rings (SSSR count). The fourth-order valence-electron chi connectivity index (χ4n) is 4.70. The zero-order valence-corrected chi connectivity index (χ0v) is 13.2. The molecule has 3 heteroatoms. The molecule has 1 amide bonds. The molecule has 1 N–H and O–H groups in total. The number of hydrogen-bond acceptors (Lipinski definition) is 2. The highest BCUT2D eigenvalue weighted by Crippen LogP contribution is 2.34. The number of amides is 1. The number of hydrogen-bond donors (Lipinski definition) is 1. The minimum atomic E-state index is 0.393. The number of piperidine rings is 1. The topological polar surface area (TPSA) is 32.3 Å². The summed E-state index contributed by atoms with van der Waals surface area (Å²) < 4.78 is 0. The molecule has 1 aromatic rings. The molecule has 0 saturated carbocycles. The smallest absolute Gasteiger partial charge is 0.222 e. The Morgan fingerprint density at radius 3 is 2.55 bits per heavy atom. The van der Waals surface area contributed by atoms with Crippen molar-refractivity contribution in [1.82, 2.24) is 10.2 Å². The van der Waals surface area contributed by atoms with Crippen LogP contribution in [0.15, 0.2) is 30.3 Å². The van der Waals surface area contributed by atoms with Crippen LogP contribution in [0.5, 0.6) is 0 Å².